The molecule has 166 valence electrons. The predicted octanol–water partition coefficient (Wildman–Crippen LogP) is 3.21. The van der Waals surface area contributed by atoms with Crippen LogP contribution in [0.3, 0.4) is 0 Å². The second kappa shape index (κ2) is 9.11. The van der Waals surface area contributed by atoms with E-state index in [9.17, 15) is 23.1 Å². The van der Waals surface area contributed by atoms with E-state index >= 15 is 0 Å². The van der Waals surface area contributed by atoms with Crippen LogP contribution in [0.1, 0.15) is 24.1 Å². The van der Waals surface area contributed by atoms with E-state index in [1.165, 1.54) is 19.1 Å². The maximum Gasteiger partial charge on any atom is 0.437 e. The number of carbonyl (C=O) groups excluding carboxylic acids is 1. The lowest BCUT2D eigenvalue weighted by Gasteiger charge is -2.45. The van der Waals surface area contributed by atoms with Gasteiger partial charge in [-0.05, 0) is 42.4 Å². The Labute approximate surface area is 182 Å². The average molecular weight is 454 g/mol. The van der Waals surface area contributed by atoms with Gasteiger partial charge in [0.15, 0.2) is 5.11 Å². The Morgan fingerprint density at radius 1 is 1.16 bits per heavy atom. The third-order valence-corrected chi connectivity index (χ3v) is 5.05. The van der Waals surface area contributed by atoms with Crippen LogP contribution in [0.25, 0.3) is 0 Å². The molecule has 2 aromatic carbocycles. The standard InChI is InChI=1S/C21H21F3N2O4S/c1-2-29-18(27)16-17(25-19(31)26-20(16,28)21(22,23)24)14-8-10-15(11-9-14)30-12-13-6-4-3-5-7-13/h3-11,16-17,28H,2,12H2,1H3,(H2,25,26,31)/t16-,17+,20-/m1/s1. The van der Waals surface area contributed by atoms with Crippen molar-refractivity contribution in [1.82, 2.24) is 10.6 Å². The summed E-state index contributed by atoms with van der Waals surface area (Å²) in [5.41, 5.74) is -2.33. The molecule has 0 bridgehead atoms. The van der Waals surface area contributed by atoms with Crippen molar-refractivity contribution in [3.05, 3.63) is 65.7 Å². The first-order valence-corrected chi connectivity index (χ1v) is 9.87. The summed E-state index contributed by atoms with van der Waals surface area (Å²) in [4.78, 5) is 12.4. The highest BCUT2D eigenvalue weighted by Gasteiger charge is 2.66. The van der Waals surface area contributed by atoms with Gasteiger partial charge in [0.05, 0.1) is 12.6 Å². The summed E-state index contributed by atoms with van der Waals surface area (Å²) in [5.74, 6) is -2.75. The monoisotopic (exact) mass is 454 g/mol. The zero-order valence-electron chi connectivity index (χ0n) is 16.5. The van der Waals surface area contributed by atoms with Crippen molar-refractivity contribution in [2.24, 2.45) is 5.92 Å². The normalized spacial score (nSPS) is 23.5. The zero-order valence-corrected chi connectivity index (χ0v) is 17.3. The molecule has 1 heterocycles. The van der Waals surface area contributed by atoms with Crippen LogP contribution in [0.15, 0.2) is 54.6 Å². The van der Waals surface area contributed by atoms with Crippen LogP contribution < -0.4 is 15.4 Å². The van der Waals surface area contributed by atoms with E-state index in [1.54, 1.807) is 17.4 Å². The number of nitrogens with one attached hydrogen (secondary N) is 2. The van der Waals surface area contributed by atoms with E-state index in [4.69, 9.17) is 21.7 Å². The van der Waals surface area contributed by atoms with Crippen LogP contribution in [-0.2, 0) is 16.1 Å². The molecular weight excluding hydrogens is 433 g/mol. The SMILES string of the molecule is CCOC(=O)[C@H]1[C@H](c2ccc(OCc3ccccc3)cc2)NC(=S)N[C@]1(O)C(F)(F)F. The van der Waals surface area contributed by atoms with E-state index < -0.39 is 34.9 Å². The number of aliphatic hydroxyl groups is 1. The smallest absolute Gasteiger partial charge is 0.437 e. The number of rotatable bonds is 6. The molecule has 0 aliphatic carbocycles. The van der Waals surface area contributed by atoms with Gasteiger partial charge in [0, 0.05) is 0 Å². The molecule has 3 N–H and O–H groups in total. The van der Waals surface area contributed by atoms with Crippen molar-refractivity contribution >= 4 is 23.3 Å². The van der Waals surface area contributed by atoms with Crippen LogP contribution >= 0.6 is 12.2 Å². The molecular formula is C21H21F3N2O4S. The van der Waals surface area contributed by atoms with Gasteiger partial charge >= 0.3 is 12.1 Å². The van der Waals surface area contributed by atoms with Crippen LogP contribution in [0.5, 0.6) is 5.75 Å². The Bertz CT molecular complexity index is 924. The van der Waals surface area contributed by atoms with Crippen LogP contribution in [-0.4, -0.2) is 34.7 Å². The molecule has 0 radical (unpaired) electrons. The molecule has 2 aromatic rings. The molecule has 1 aliphatic heterocycles. The largest absolute Gasteiger partial charge is 0.489 e. The van der Waals surface area contributed by atoms with Gasteiger partial charge in [-0.15, -0.1) is 0 Å². The van der Waals surface area contributed by atoms with Crippen LogP contribution in [0.2, 0.25) is 0 Å². The van der Waals surface area contributed by atoms with E-state index in [1.807, 2.05) is 30.3 Å². The van der Waals surface area contributed by atoms with Gasteiger partial charge < -0.3 is 25.2 Å². The lowest BCUT2D eigenvalue weighted by molar-refractivity contribution is -0.292. The summed E-state index contributed by atoms with van der Waals surface area (Å²) in [5, 5.41) is 14.4. The summed E-state index contributed by atoms with van der Waals surface area (Å²) < 4.78 is 51.7. The molecule has 3 atom stereocenters. The molecule has 6 nitrogen and oxygen atoms in total. The topological polar surface area (TPSA) is 79.8 Å². The minimum atomic E-state index is -5.19. The molecule has 3 rings (SSSR count). The van der Waals surface area contributed by atoms with Gasteiger partial charge in [0.1, 0.15) is 18.3 Å². The average Bonchev–Trinajstić information content (AvgIpc) is 2.72. The highest BCUT2D eigenvalue weighted by Crippen LogP contribution is 2.43. The number of carbonyl (C=O) groups is 1. The third kappa shape index (κ3) is 4.91. The zero-order chi connectivity index (χ0) is 22.6. The van der Waals surface area contributed by atoms with E-state index in [0.29, 0.717) is 17.9 Å². The van der Waals surface area contributed by atoms with Crippen LogP contribution in [0, 0.1) is 5.92 Å². The Morgan fingerprint density at radius 2 is 1.81 bits per heavy atom. The predicted molar refractivity (Wildman–Crippen MR) is 110 cm³/mol. The highest BCUT2D eigenvalue weighted by atomic mass is 32.1. The van der Waals surface area contributed by atoms with Gasteiger partial charge in [-0.2, -0.15) is 13.2 Å². The van der Waals surface area contributed by atoms with E-state index in [2.05, 4.69) is 5.32 Å². The maximum absolute atomic E-state index is 13.7. The molecule has 1 fully saturated rings. The fourth-order valence-corrected chi connectivity index (χ4v) is 3.61. The molecule has 0 saturated carbocycles. The summed E-state index contributed by atoms with van der Waals surface area (Å²) in [6.45, 7) is 1.63. The summed E-state index contributed by atoms with van der Waals surface area (Å²) in [6.07, 6.45) is -5.19. The number of hydrogen-bond acceptors (Lipinski definition) is 5. The number of halogens is 3. The molecule has 0 amide bonds. The number of benzene rings is 2. The quantitative estimate of drug-likeness (QED) is 0.457. The fraction of sp³-hybridized carbons (Fsp3) is 0.333. The number of hydrogen-bond donors (Lipinski definition) is 3. The number of ether oxygens (including phenoxy) is 2. The molecule has 0 aromatic heterocycles. The Balaban J connectivity index is 1.87. The van der Waals surface area contributed by atoms with E-state index in [-0.39, 0.29) is 6.61 Å². The van der Waals surface area contributed by atoms with Crippen molar-refractivity contribution in [2.75, 3.05) is 6.61 Å². The number of thiocarbonyl (C=S) groups is 1. The lowest BCUT2D eigenvalue weighted by atomic mass is 9.82. The Morgan fingerprint density at radius 3 is 2.39 bits per heavy atom. The highest BCUT2D eigenvalue weighted by molar-refractivity contribution is 7.80. The first-order chi connectivity index (χ1) is 14.7. The van der Waals surface area contributed by atoms with Crippen molar-refractivity contribution in [3.8, 4) is 5.75 Å². The second-order valence-electron chi connectivity index (χ2n) is 6.91. The van der Waals surface area contributed by atoms with E-state index in [0.717, 1.165) is 5.56 Å². The molecule has 1 saturated heterocycles. The minimum absolute atomic E-state index is 0.146. The Hall–Kier alpha value is -2.85. The molecule has 1 aliphatic rings. The van der Waals surface area contributed by atoms with Crippen molar-refractivity contribution in [1.29, 1.82) is 0 Å². The molecule has 31 heavy (non-hydrogen) atoms. The second-order valence-corrected chi connectivity index (χ2v) is 7.32. The minimum Gasteiger partial charge on any atom is -0.489 e. The van der Waals surface area contributed by atoms with Crippen molar-refractivity contribution < 1.29 is 32.5 Å². The van der Waals surface area contributed by atoms with Gasteiger partial charge in [-0.25, -0.2) is 0 Å². The van der Waals surface area contributed by atoms with Gasteiger partial charge in [0.2, 0.25) is 0 Å². The molecule has 10 heteroatoms. The number of esters is 1. The van der Waals surface area contributed by atoms with Crippen molar-refractivity contribution in [2.45, 2.75) is 31.5 Å². The summed E-state index contributed by atoms with van der Waals surface area (Å²) >= 11 is 4.87. The van der Waals surface area contributed by atoms with Gasteiger partial charge in [0.25, 0.3) is 5.72 Å². The first kappa shape index (κ1) is 22.8. The summed E-state index contributed by atoms with van der Waals surface area (Å²) in [7, 11) is 0. The first-order valence-electron chi connectivity index (χ1n) is 9.47. The fourth-order valence-electron chi connectivity index (χ4n) is 3.33. The third-order valence-electron chi connectivity index (χ3n) is 4.83. The number of alkyl halides is 3. The van der Waals surface area contributed by atoms with Gasteiger partial charge in [-0.3, -0.25) is 4.79 Å². The Kier molecular flexibility index (Phi) is 6.71. The van der Waals surface area contributed by atoms with Crippen molar-refractivity contribution in [3.63, 3.8) is 0 Å². The molecule has 0 unspecified atom stereocenters. The summed E-state index contributed by atoms with van der Waals surface area (Å²) in [6, 6.07) is 14.3. The van der Waals surface area contributed by atoms with Crippen LogP contribution in [0.4, 0.5) is 13.2 Å². The molecule has 0 spiro atoms. The maximum atomic E-state index is 13.7. The lowest BCUT2D eigenvalue weighted by Crippen LogP contribution is -2.73. The van der Waals surface area contributed by atoms with Gasteiger partial charge in [-0.1, -0.05) is 42.5 Å².